The van der Waals surface area contributed by atoms with Gasteiger partial charge in [0.1, 0.15) is 0 Å². The van der Waals surface area contributed by atoms with E-state index < -0.39 is 0 Å². The van der Waals surface area contributed by atoms with E-state index in [1.807, 2.05) is 30.0 Å². The lowest BCUT2D eigenvalue weighted by atomic mass is 10.0. The van der Waals surface area contributed by atoms with Crippen molar-refractivity contribution in [1.29, 1.82) is 0 Å². The molecule has 3 amide bonds. The van der Waals surface area contributed by atoms with Gasteiger partial charge in [0.25, 0.3) is 11.8 Å². The van der Waals surface area contributed by atoms with Crippen LogP contribution in [0, 0.1) is 6.92 Å². The summed E-state index contributed by atoms with van der Waals surface area (Å²) in [6.45, 7) is 3.55. The number of rotatable bonds is 7. The molecule has 1 saturated heterocycles. The molecule has 1 aromatic heterocycles. The summed E-state index contributed by atoms with van der Waals surface area (Å²) in [6.07, 6.45) is 3.96. The molecule has 154 valence electrons. The molecule has 7 heteroatoms. The Morgan fingerprint density at radius 1 is 1.07 bits per heavy atom. The number of benzene rings is 1. The van der Waals surface area contributed by atoms with Crippen LogP contribution in [0.5, 0.6) is 0 Å². The van der Waals surface area contributed by atoms with Crippen molar-refractivity contribution >= 4 is 17.7 Å². The second kappa shape index (κ2) is 9.91. The molecule has 2 aromatic rings. The van der Waals surface area contributed by atoms with Gasteiger partial charge in [0.15, 0.2) is 5.76 Å². The molecule has 0 saturated carbocycles. The number of nitrogens with one attached hydrogen (secondary N) is 2. The van der Waals surface area contributed by atoms with Crippen molar-refractivity contribution in [2.24, 2.45) is 0 Å². The lowest BCUT2D eigenvalue weighted by Crippen LogP contribution is -2.46. The number of piperidine rings is 1. The van der Waals surface area contributed by atoms with E-state index in [2.05, 4.69) is 10.6 Å². The Labute approximate surface area is 170 Å². The number of carbonyl (C=O) groups excluding carboxylic acids is 3. The molecule has 1 fully saturated rings. The molecular weight excluding hydrogens is 370 g/mol. The van der Waals surface area contributed by atoms with Crippen molar-refractivity contribution < 1.29 is 18.8 Å². The van der Waals surface area contributed by atoms with E-state index in [4.69, 9.17) is 4.42 Å². The summed E-state index contributed by atoms with van der Waals surface area (Å²) >= 11 is 0. The van der Waals surface area contributed by atoms with Crippen molar-refractivity contribution in [3.8, 4) is 0 Å². The van der Waals surface area contributed by atoms with Crippen molar-refractivity contribution in [3.63, 3.8) is 0 Å². The van der Waals surface area contributed by atoms with Crippen molar-refractivity contribution in [2.75, 3.05) is 19.6 Å². The van der Waals surface area contributed by atoms with Crippen LogP contribution >= 0.6 is 0 Å². The predicted octanol–water partition coefficient (Wildman–Crippen LogP) is 2.52. The third-order valence-corrected chi connectivity index (χ3v) is 5.14. The Balaban J connectivity index is 1.33. The highest BCUT2D eigenvalue weighted by Crippen LogP contribution is 2.14. The molecule has 2 heterocycles. The van der Waals surface area contributed by atoms with E-state index in [9.17, 15) is 14.4 Å². The lowest BCUT2D eigenvalue weighted by molar-refractivity contribution is -0.132. The van der Waals surface area contributed by atoms with Gasteiger partial charge in [0.05, 0.1) is 6.26 Å². The highest BCUT2D eigenvalue weighted by molar-refractivity contribution is 5.94. The summed E-state index contributed by atoms with van der Waals surface area (Å²) in [4.78, 5) is 38.4. The third-order valence-electron chi connectivity index (χ3n) is 5.14. The molecule has 0 aliphatic carbocycles. The number of carbonyl (C=O) groups is 3. The summed E-state index contributed by atoms with van der Waals surface area (Å²) in [6, 6.07) is 10.8. The topological polar surface area (TPSA) is 91.7 Å². The predicted molar refractivity (Wildman–Crippen MR) is 109 cm³/mol. The average Bonchev–Trinajstić information content (AvgIpc) is 3.18. The van der Waals surface area contributed by atoms with Gasteiger partial charge >= 0.3 is 0 Å². The van der Waals surface area contributed by atoms with Crippen LogP contribution in [-0.4, -0.2) is 48.3 Å². The van der Waals surface area contributed by atoms with Crippen LogP contribution in [-0.2, 0) is 4.79 Å². The molecule has 2 N–H and O–H groups in total. The number of aryl methyl sites for hydroxylation is 1. The number of furan rings is 1. The molecule has 0 unspecified atom stereocenters. The van der Waals surface area contributed by atoms with Crippen LogP contribution in [0.3, 0.4) is 0 Å². The van der Waals surface area contributed by atoms with E-state index in [1.54, 1.807) is 18.2 Å². The van der Waals surface area contributed by atoms with Crippen LogP contribution in [0.2, 0.25) is 0 Å². The first kappa shape index (κ1) is 20.6. The number of likely N-dealkylation sites (tertiary alicyclic amines) is 1. The van der Waals surface area contributed by atoms with Crippen LogP contribution in [0.15, 0.2) is 47.1 Å². The molecule has 0 radical (unpaired) electrons. The highest BCUT2D eigenvalue weighted by atomic mass is 16.3. The van der Waals surface area contributed by atoms with Gasteiger partial charge in [-0.05, 0) is 44.4 Å². The van der Waals surface area contributed by atoms with Crippen LogP contribution in [0.1, 0.15) is 52.2 Å². The minimum atomic E-state index is -0.202. The highest BCUT2D eigenvalue weighted by Gasteiger charge is 2.25. The van der Waals surface area contributed by atoms with Gasteiger partial charge in [-0.1, -0.05) is 18.2 Å². The van der Waals surface area contributed by atoms with Gasteiger partial charge in [-0.3, -0.25) is 14.4 Å². The van der Waals surface area contributed by atoms with E-state index in [0.29, 0.717) is 43.8 Å². The number of amides is 3. The van der Waals surface area contributed by atoms with Gasteiger partial charge in [0.2, 0.25) is 5.91 Å². The summed E-state index contributed by atoms with van der Waals surface area (Å²) < 4.78 is 5.22. The zero-order valence-electron chi connectivity index (χ0n) is 16.6. The summed E-state index contributed by atoms with van der Waals surface area (Å²) in [7, 11) is 0. The van der Waals surface area contributed by atoms with Crippen molar-refractivity contribution in [3.05, 3.63) is 59.5 Å². The largest absolute Gasteiger partial charge is 0.459 e. The SMILES string of the molecule is Cc1ccoc1C(=O)NC1CCN(C(=O)CCCNC(=O)c2ccccc2)CC1. The van der Waals surface area contributed by atoms with Crippen molar-refractivity contribution in [2.45, 2.75) is 38.6 Å². The second-order valence-electron chi connectivity index (χ2n) is 7.29. The first-order valence-corrected chi connectivity index (χ1v) is 10.0. The lowest BCUT2D eigenvalue weighted by Gasteiger charge is -2.32. The van der Waals surface area contributed by atoms with Gasteiger partial charge in [-0.2, -0.15) is 0 Å². The van der Waals surface area contributed by atoms with E-state index in [0.717, 1.165) is 18.4 Å². The van der Waals surface area contributed by atoms with Gasteiger partial charge in [0, 0.05) is 43.2 Å². The van der Waals surface area contributed by atoms with Crippen molar-refractivity contribution in [1.82, 2.24) is 15.5 Å². The molecular formula is C22H27N3O4. The van der Waals surface area contributed by atoms with Crippen LogP contribution < -0.4 is 10.6 Å². The maximum Gasteiger partial charge on any atom is 0.287 e. The number of nitrogens with zero attached hydrogens (tertiary/aromatic N) is 1. The molecule has 1 aliphatic heterocycles. The Morgan fingerprint density at radius 3 is 2.45 bits per heavy atom. The van der Waals surface area contributed by atoms with Gasteiger partial charge in [-0.25, -0.2) is 0 Å². The minimum absolute atomic E-state index is 0.0428. The summed E-state index contributed by atoms with van der Waals surface area (Å²) in [5, 5.41) is 5.82. The quantitative estimate of drug-likeness (QED) is 0.703. The molecule has 3 rings (SSSR count). The van der Waals surface area contributed by atoms with E-state index in [-0.39, 0.29) is 23.8 Å². The molecule has 0 spiro atoms. The Bertz CT molecular complexity index is 839. The fraction of sp³-hybridized carbons (Fsp3) is 0.409. The van der Waals surface area contributed by atoms with E-state index in [1.165, 1.54) is 6.26 Å². The smallest absolute Gasteiger partial charge is 0.287 e. The average molecular weight is 397 g/mol. The second-order valence-corrected chi connectivity index (χ2v) is 7.29. The summed E-state index contributed by atoms with van der Waals surface area (Å²) in [5.74, 6) is 0.111. The molecule has 0 atom stereocenters. The maximum absolute atomic E-state index is 12.4. The monoisotopic (exact) mass is 397 g/mol. The first-order chi connectivity index (χ1) is 14.0. The molecule has 1 aliphatic rings. The molecule has 1 aromatic carbocycles. The normalized spacial score (nSPS) is 14.4. The number of hydrogen-bond donors (Lipinski definition) is 2. The van der Waals surface area contributed by atoms with Crippen LogP contribution in [0.25, 0.3) is 0 Å². The maximum atomic E-state index is 12.4. The molecule has 29 heavy (non-hydrogen) atoms. The Hall–Kier alpha value is -3.09. The molecule has 7 nitrogen and oxygen atoms in total. The van der Waals surface area contributed by atoms with Crippen LogP contribution in [0.4, 0.5) is 0 Å². The summed E-state index contributed by atoms with van der Waals surface area (Å²) in [5.41, 5.74) is 1.43. The van der Waals surface area contributed by atoms with Gasteiger partial charge < -0.3 is 20.0 Å². The van der Waals surface area contributed by atoms with Gasteiger partial charge in [-0.15, -0.1) is 0 Å². The van der Waals surface area contributed by atoms with E-state index >= 15 is 0 Å². The minimum Gasteiger partial charge on any atom is -0.459 e. The Morgan fingerprint density at radius 2 is 1.79 bits per heavy atom. The fourth-order valence-electron chi connectivity index (χ4n) is 3.42. The first-order valence-electron chi connectivity index (χ1n) is 10.0. The standard InChI is InChI=1S/C22H27N3O4/c1-16-11-15-29-20(16)22(28)24-18-9-13-25(14-10-18)19(26)8-5-12-23-21(27)17-6-3-2-4-7-17/h2-4,6-7,11,15,18H,5,8-10,12-14H2,1H3,(H,23,27)(H,24,28). The zero-order valence-corrected chi connectivity index (χ0v) is 16.6. The molecule has 0 bridgehead atoms. The third kappa shape index (κ3) is 5.70. The number of hydrogen-bond acceptors (Lipinski definition) is 4. The zero-order chi connectivity index (χ0) is 20.6. The fourth-order valence-corrected chi connectivity index (χ4v) is 3.42. The Kier molecular flexibility index (Phi) is 7.05.